The zero-order chi connectivity index (χ0) is 19.6. The van der Waals surface area contributed by atoms with E-state index < -0.39 is 11.9 Å². The minimum atomic E-state index is -0.555. The Hall–Kier alpha value is -3.06. The summed E-state index contributed by atoms with van der Waals surface area (Å²) in [6.45, 7) is 0.391. The molecular weight excluding hydrogens is 350 g/mol. The van der Waals surface area contributed by atoms with Gasteiger partial charge in [0.25, 0.3) is 5.91 Å². The summed E-state index contributed by atoms with van der Waals surface area (Å²) >= 11 is 0. The number of methoxy groups -OCH3 is 3. The van der Waals surface area contributed by atoms with Crippen molar-refractivity contribution in [3.05, 3.63) is 59.2 Å². The number of hydrogen-bond acceptors (Lipinski definition) is 6. The molecular formula is C20H23NO6. The van der Waals surface area contributed by atoms with Crippen molar-refractivity contribution in [3.8, 4) is 11.5 Å². The third-order valence-corrected chi connectivity index (χ3v) is 3.77. The highest BCUT2D eigenvalue weighted by Gasteiger charge is 2.11. The van der Waals surface area contributed by atoms with Crippen molar-refractivity contribution in [1.82, 2.24) is 5.32 Å². The van der Waals surface area contributed by atoms with Crippen molar-refractivity contribution in [1.29, 1.82) is 0 Å². The van der Waals surface area contributed by atoms with Gasteiger partial charge >= 0.3 is 5.97 Å². The van der Waals surface area contributed by atoms with Gasteiger partial charge in [-0.15, -0.1) is 0 Å². The molecule has 0 spiro atoms. The fourth-order valence-electron chi connectivity index (χ4n) is 2.36. The topological polar surface area (TPSA) is 83.1 Å². The van der Waals surface area contributed by atoms with Crippen molar-refractivity contribution in [2.75, 3.05) is 27.9 Å². The zero-order valence-electron chi connectivity index (χ0n) is 15.6. The van der Waals surface area contributed by atoms with Crippen LogP contribution < -0.4 is 14.8 Å². The molecule has 0 fully saturated rings. The van der Waals surface area contributed by atoms with Gasteiger partial charge in [0.2, 0.25) is 0 Å². The summed E-state index contributed by atoms with van der Waals surface area (Å²) in [5.74, 6) is 0.236. The van der Waals surface area contributed by atoms with Crippen molar-refractivity contribution < 1.29 is 28.5 Å². The van der Waals surface area contributed by atoms with Gasteiger partial charge in [0, 0.05) is 13.7 Å². The van der Waals surface area contributed by atoms with Crippen molar-refractivity contribution in [2.24, 2.45) is 0 Å². The summed E-state index contributed by atoms with van der Waals surface area (Å²) in [5, 5.41) is 2.69. The standard InChI is InChI=1S/C20H23NO6/c1-24-12-14-4-7-16(8-5-14)20(23)27-13-19(22)21-11-15-6-9-17(25-2)18(10-15)26-3/h4-10H,11-13H2,1-3H3,(H,21,22). The van der Waals surface area contributed by atoms with Crippen molar-refractivity contribution >= 4 is 11.9 Å². The van der Waals surface area contributed by atoms with Gasteiger partial charge in [-0.25, -0.2) is 4.79 Å². The Balaban J connectivity index is 1.81. The largest absolute Gasteiger partial charge is 0.493 e. The Morgan fingerprint density at radius 3 is 2.19 bits per heavy atom. The highest BCUT2D eigenvalue weighted by Crippen LogP contribution is 2.27. The van der Waals surface area contributed by atoms with E-state index in [9.17, 15) is 9.59 Å². The van der Waals surface area contributed by atoms with Gasteiger partial charge in [-0.1, -0.05) is 18.2 Å². The lowest BCUT2D eigenvalue weighted by molar-refractivity contribution is -0.124. The van der Waals surface area contributed by atoms with E-state index in [-0.39, 0.29) is 13.2 Å². The summed E-state index contributed by atoms with van der Waals surface area (Å²) in [7, 11) is 4.70. The van der Waals surface area contributed by atoms with Crippen LogP contribution in [0.2, 0.25) is 0 Å². The molecule has 0 saturated heterocycles. The van der Waals surface area contributed by atoms with Crippen LogP contribution in [-0.2, 0) is 27.4 Å². The van der Waals surface area contributed by atoms with Gasteiger partial charge in [0.1, 0.15) is 0 Å². The Kier molecular flexibility index (Phi) is 7.63. The molecule has 0 aromatic heterocycles. The summed E-state index contributed by atoms with van der Waals surface area (Å²) in [6.07, 6.45) is 0. The zero-order valence-corrected chi connectivity index (χ0v) is 15.6. The molecule has 0 aliphatic carbocycles. The van der Waals surface area contributed by atoms with E-state index in [0.717, 1.165) is 11.1 Å². The number of amides is 1. The number of esters is 1. The minimum Gasteiger partial charge on any atom is -0.493 e. The normalized spacial score (nSPS) is 10.2. The molecule has 0 saturated carbocycles. The first kappa shape index (κ1) is 20.3. The van der Waals surface area contributed by atoms with E-state index in [0.29, 0.717) is 23.7 Å². The lowest BCUT2D eigenvalue weighted by Gasteiger charge is -2.10. The van der Waals surface area contributed by atoms with E-state index in [2.05, 4.69) is 5.32 Å². The smallest absolute Gasteiger partial charge is 0.338 e. The predicted octanol–water partition coefficient (Wildman–Crippen LogP) is 2.32. The molecule has 144 valence electrons. The monoisotopic (exact) mass is 373 g/mol. The van der Waals surface area contributed by atoms with Gasteiger partial charge in [-0.3, -0.25) is 4.79 Å². The quantitative estimate of drug-likeness (QED) is 0.679. The molecule has 0 aliphatic heterocycles. The van der Waals surface area contributed by atoms with E-state index in [4.69, 9.17) is 18.9 Å². The molecule has 7 heteroatoms. The van der Waals surface area contributed by atoms with Gasteiger partial charge in [0.15, 0.2) is 18.1 Å². The van der Waals surface area contributed by atoms with Crippen LogP contribution in [0.15, 0.2) is 42.5 Å². The second kappa shape index (κ2) is 10.2. The number of carbonyl (C=O) groups excluding carboxylic acids is 2. The third-order valence-electron chi connectivity index (χ3n) is 3.77. The number of hydrogen-bond donors (Lipinski definition) is 1. The molecule has 0 atom stereocenters. The molecule has 0 heterocycles. The number of carbonyl (C=O) groups is 2. The Morgan fingerprint density at radius 2 is 1.56 bits per heavy atom. The van der Waals surface area contributed by atoms with Crippen LogP contribution in [0, 0.1) is 0 Å². The average molecular weight is 373 g/mol. The highest BCUT2D eigenvalue weighted by atomic mass is 16.5. The third kappa shape index (κ3) is 6.00. The Labute approximate surface area is 158 Å². The first-order valence-electron chi connectivity index (χ1n) is 8.30. The SMILES string of the molecule is COCc1ccc(C(=O)OCC(=O)NCc2ccc(OC)c(OC)c2)cc1. The van der Waals surface area contributed by atoms with Crippen molar-refractivity contribution in [2.45, 2.75) is 13.2 Å². The summed E-state index contributed by atoms with van der Waals surface area (Å²) < 4.78 is 20.4. The number of ether oxygens (including phenoxy) is 4. The van der Waals surface area contributed by atoms with Crippen LogP contribution >= 0.6 is 0 Å². The molecule has 2 rings (SSSR count). The van der Waals surface area contributed by atoms with E-state index in [1.807, 2.05) is 6.07 Å². The van der Waals surface area contributed by atoms with Crippen LogP contribution in [0.1, 0.15) is 21.5 Å². The van der Waals surface area contributed by atoms with E-state index >= 15 is 0 Å². The number of rotatable bonds is 9. The van der Waals surface area contributed by atoms with Gasteiger partial charge in [0.05, 0.1) is 26.4 Å². The van der Waals surface area contributed by atoms with Gasteiger partial charge < -0.3 is 24.3 Å². The van der Waals surface area contributed by atoms with Crippen LogP contribution in [0.4, 0.5) is 0 Å². The van der Waals surface area contributed by atoms with Crippen LogP contribution in [0.3, 0.4) is 0 Å². The molecule has 27 heavy (non-hydrogen) atoms. The van der Waals surface area contributed by atoms with E-state index in [1.54, 1.807) is 57.7 Å². The Morgan fingerprint density at radius 1 is 0.889 bits per heavy atom. The second-order valence-corrected chi connectivity index (χ2v) is 5.67. The second-order valence-electron chi connectivity index (χ2n) is 5.67. The molecule has 0 unspecified atom stereocenters. The summed E-state index contributed by atoms with van der Waals surface area (Å²) in [6, 6.07) is 12.2. The van der Waals surface area contributed by atoms with Gasteiger partial charge in [-0.2, -0.15) is 0 Å². The Bertz CT molecular complexity index is 773. The molecule has 2 aromatic carbocycles. The summed E-state index contributed by atoms with van der Waals surface area (Å²) in [4.78, 5) is 23.9. The maximum absolute atomic E-state index is 12.0. The molecule has 0 aliphatic rings. The van der Waals surface area contributed by atoms with E-state index in [1.165, 1.54) is 0 Å². The number of nitrogens with one attached hydrogen (secondary N) is 1. The molecule has 1 N–H and O–H groups in total. The van der Waals surface area contributed by atoms with Crippen LogP contribution in [0.25, 0.3) is 0 Å². The molecule has 2 aromatic rings. The molecule has 1 amide bonds. The first-order valence-corrected chi connectivity index (χ1v) is 8.30. The lowest BCUT2D eigenvalue weighted by atomic mass is 10.1. The number of benzene rings is 2. The summed E-state index contributed by atoms with van der Waals surface area (Å²) in [5.41, 5.74) is 2.16. The maximum atomic E-state index is 12.0. The fraction of sp³-hybridized carbons (Fsp3) is 0.300. The molecule has 0 bridgehead atoms. The molecule has 7 nitrogen and oxygen atoms in total. The maximum Gasteiger partial charge on any atom is 0.338 e. The first-order chi connectivity index (χ1) is 13.1. The van der Waals surface area contributed by atoms with Crippen molar-refractivity contribution in [3.63, 3.8) is 0 Å². The van der Waals surface area contributed by atoms with Crippen LogP contribution in [0.5, 0.6) is 11.5 Å². The molecule has 0 radical (unpaired) electrons. The lowest BCUT2D eigenvalue weighted by Crippen LogP contribution is -2.28. The highest BCUT2D eigenvalue weighted by molar-refractivity contribution is 5.91. The average Bonchev–Trinajstić information content (AvgIpc) is 2.71. The minimum absolute atomic E-state index is 0.280. The van der Waals surface area contributed by atoms with Crippen LogP contribution in [-0.4, -0.2) is 39.8 Å². The van der Waals surface area contributed by atoms with Gasteiger partial charge in [-0.05, 0) is 35.4 Å². The fourth-order valence-corrected chi connectivity index (χ4v) is 2.36. The predicted molar refractivity (Wildman–Crippen MR) is 98.8 cm³/mol.